The van der Waals surface area contributed by atoms with E-state index < -0.39 is 10.0 Å². The van der Waals surface area contributed by atoms with E-state index in [-0.39, 0.29) is 36.6 Å². The van der Waals surface area contributed by atoms with Crippen LogP contribution in [0.1, 0.15) is 36.0 Å². The van der Waals surface area contributed by atoms with Gasteiger partial charge in [-0.15, -0.1) is 0 Å². The van der Waals surface area contributed by atoms with E-state index in [1.807, 2.05) is 24.3 Å². The molecule has 1 saturated carbocycles. The van der Waals surface area contributed by atoms with Crippen molar-refractivity contribution in [2.24, 2.45) is 0 Å². The van der Waals surface area contributed by atoms with E-state index >= 15 is 0 Å². The number of ether oxygens (including phenoxy) is 1. The van der Waals surface area contributed by atoms with Crippen LogP contribution in [-0.4, -0.2) is 46.7 Å². The van der Waals surface area contributed by atoms with E-state index in [4.69, 9.17) is 4.74 Å². The first-order chi connectivity index (χ1) is 13.0. The van der Waals surface area contributed by atoms with Gasteiger partial charge in [0.15, 0.2) is 0 Å². The molecule has 2 aliphatic rings. The van der Waals surface area contributed by atoms with Crippen molar-refractivity contribution in [3.05, 3.63) is 54.1 Å². The van der Waals surface area contributed by atoms with Gasteiger partial charge in [0.2, 0.25) is 0 Å². The molecule has 5 nitrogen and oxygen atoms in total. The second kappa shape index (κ2) is 7.30. The van der Waals surface area contributed by atoms with Crippen LogP contribution >= 0.6 is 0 Å². The zero-order chi connectivity index (χ0) is 19.0. The number of sulfonamides is 1. The van der Waals surface area contributed by atoms with Crippen LogP contribution in [0.15, 0.2) is 53.4 Å². The molecule has 2 atom stereocenters. The molecular formula is C20H21NO4SSe. The van der Waals surface area contributed by atoms with Crippen molar-refractivity contribution in [3.8, 4) is 5.75 Å². The quantitative estimate of drug-likeness (QED) is 0.672. The van der Waals surface area contributed by atoms with Crippen molar-refractivity contribution in [1.29, 1.82) is 0 Å². The van der Waals surface area contributed by atoms with Crippen LogP contribution in [0.4, 0.5) is 0 Å². The van der Waals surface area contributed by atoms with Gasteiger partial charge < -0.3 is 0 Å². The van der Waals surface area contributed by atoms with Gasteiger partial charge in [-0.05, 0) is 0 Å². The van der Waals surface area contributed by atoms with Gasteiger partial charge in [0.1, 0.15) is 0 Å². The van der Waals surface area contributed by atoms with E-state index in [1.165, 1.54) is 14.8 Å². The zero-order valence-corrected chi connectivity index (χ0v) is 17.5. The Morgan fingerprint density at radius 2 is 1.74 bits per heavy atom. The average Bonchev–Trinajstić information content (AvgIpc) is 2.89. The summed E-state index contributed by atoms with van der Waals surface area (Å²) in [6.45, 7) is 0. The minimum absolute atomic E-state index is 0.0853. The Hall–Kier alpha value is -1.82. The molecule has 1 fully saturated rings. The fraction of sp³-hybridized carbons (Fsp3) is 0.350. The molecule has 0 radical (unpaired) electrons. The second-order valence-electron chi connectivity index (χ2n) is 6.79. The summed E-state index contributed by atoms with van der Waals surface area (Å²) in [5.74, 6) is 0.440. The molecule has 27 heavy (non-hydrogen) atoms. The van der Waals surface area contributed by atoms with Gasteiger partial charge in [0, 0.05) is 0 Å². The molecule has 1 aliphatic carbocycles. The molecule has 0 saturated heterocycles. The number of benzene rings is 2. The third-order valence-corrected chi connectivity index (χ3v) is 9.97. The maximum atomic E-state index is 13.1. The molecule has 1 heterocycles. The second-order valence-corrected chi connectivity index (χ2v) is 11.3. The van der Waals surface area contributed by atoms with Crippen LogP contribution in [0, 0.1) is 0 Å². The summed E-state index contributed by atoms with van der Waals surface area (Å²) in [5.41, 5.74) is 0.304. The minimum atomic E-state index is -3.76. The first-order valence-corrected chi connectivity index (χ1v) is 12.3. The van der Waals surface area contributed by atoms with Gasteiger partial charge in [-0.2, -0.15) is 0 Å². The van der Waals surface area contributed by atoms with Crippen molar-refractivity contribution >= 4 is 35.3 Å². The number of carbonyl (C=O) groups is 1. The molecule has 7 heteroatoms. The van der Waals surface area contributed by atoms with Crippen molar-refractivity contribution in [3.63, 3.8) is 0 Å². The Bertz CT molecular complexity index is 958. The van der Waals surface area contributed by atoms with E-state index in [2.05, 4.69) is 0 Å². The fourth-order valence-corrected chi connectivity index (χ4v) is 8.65. The molecule has 1 amide bonds. The van der Waals surface area contributed by atoms with Crippen LogP contribution in [0.2, 0.25) is 4.82 Å². The Morgan fingerprint density at radius 1 is 1.04 bits per heavy atom. The molecule has 1 aliphatic heterocycles. The molecule has 2 aromatic rings. The number of hydrogen-bond acceptors (Lipinski definition) is 4. The summed E-state index contributed by atoms with van der Waals surface area (Å²) in [6.07, 6.45) is 3.72. The summed E-state index contributed by atoms with van der Waals surface area (Å²) < 4.78 is 33.7. The van der Waals surface area contributed by atoms with Crippen LogP contribution in [0.5, 0.6) is 5.75 Å². The van der Waals surface area contributed by atoms with Gasteiger partial charge in [-0.3, -0.25) is 0 Å². The molecule has 142 valence electrons. The number of rotatable bonds is 4. The maximum absolute atomic E-state index is 13.1. The zero-order valence-electron chi connectivity index (χ0n) is 15.0. The summed E-state index contributed by atoms with van der Waals surface area (Å²) >= 11 is 0.0853. The van der Waals surface area contributed by atoms with Gasteiger partial charge in [-0.1, -0.05) is 0 Å². The predicted molar refractivity (Wildman–Crippen MR) is 104 cm³/mol. The summed E-state index contributed by atoms with van der Waals surface area (Å²) in [4.78, 5) is 13.3. The molecule has 4 rings (SSSR count). The summed E-state index contributed by atoms with van der Waals surface area (Å²) in [7, 11) is -2.12. The van der Waals surface area contributed by atoms with Crippen LogP contribution < -0.4 is 9.20 Å². The third-order valence-electron chi connectivity index (χ3n) is 5.17. The van der Waals surface area contributed by atoms with Gasteiger partial charge in [0.05, 0.1) is 0 Å². The Morgan fingerprint density at radius 3 is 2.44 bits per heavy atom. The van der Waals surface area contributed by atoms with Gasteiger partial charge >= 0.3 is 166 Å². The molecule has 0 bridgehead atoms. The molecule has 0 spiro atoms. The van der Waals surface area contributed by atoms with E-state index in [1.54, 1.807) is 25.3 Å². The van der Waals surface area contributed by atoms with Crippen molar-refractivity contribution < 1.29 is 17.9 Å². The van der Waals surface area contributed by atoms with E-state index in [9.17, 15) is 13.2 Å². The molecule has 2 unspecified atom stereocenters. The first kappa shape index (κ1) is 18.5. The molecule has 0 aromatic heterocycles. The van der Waals surface area contributed by atoms with Gasteiger partial charge in [-0.25, -0.2) is 0 Å². The third kappa shape index (κ3) is 3.28. The number of methoxy groups -OCH3 is 1. The normalized spacial score (nSPS) is 23.9. The average molecular weight is 450 g/mol. The van der Waals surface area contributed by atoms with E-state index in [0.717, 1.165) is 31.4 Å². The number of nitrogens with zero attached hydrogens (tertiary/aromatic N) is 1. The van der Waals surface area contributed by atoms with Crippen molar-refractivity contribution in [1.82, 2.24) is 4.31 Å². The number of hydrogen-bond donors (Lipinski definition) is 0. The van der Waals surface area contributed by atoms with E-state index in [0.29, 0.717) is 5.56 Å². The first-order valence-electron chi connectivity index (χ1n) is 9.01. The van der Waals surface area contributed by atoms with Gasteiger partial charge in [0.25, 0.3) is 0 Å². The number of carbonyl (C=O) groups excluding carboxylic acids is 1. The monoisotopic (exact) mass is 451 g/mol. The number of fused-ring (bicyclic) bond motifs is 1. The summed E-state index contributed by atoms with van der Waals surface area (Å²) in [5, 5.41) is 0. The Kier molecular flexibility index (Phi) is 5.01. The molecule has 0 N–H and O–H groups in total. The Labute approximate surface area is 165 Å². The molecule has 2 aromatic carbocycles. The fourth-order valence-electron chi connectivity index (χ4n) is 3.84. The SMILES string of the molecule is COc1ccc([Se]C2CCCCC2N2C(=O)c3ccccc3S2(=O)=O)cc1. The van der Waals surface area contributed by atoms with Crippen LogP contribution in [-0.2, 0) is 10.0 Å². The van der Waals surface area contributed by atoms with Crippen LogP contribution in [0.25, 0.3) is 0 Å². The van der Waals surface area contributed by atoms with Crippen molar-refractivity contribution in [2.45, 2.75) is 41.4 Å². The predicted octanol–water partition coefficient (Wildman–Crippen LogP) is 2.60. The number of amides is 1. The standard InChI is InChI=1S/C20H21NO4SSe/c1-25-14-10-12-15(13-11-14)27-19-9-5-3-7-17(19)21-20(22)16-6-2-4-8-18(16)26(21,23)24/h2,4,6,8,10-13,17,19H,3,5,7,9H2,1H3. The van der Waals surface area contributed by atoms with Crippen LogP contribution in [0.3, 0.4) is 0 Å². The summed E-state index contributed by atoms with van der Waals surface area (Å²) in [6, 6.07) is 14.2. The molecular weight excluding hydrogens is 429 g/mol. The Balaban J connectivity index is 1.64. The van der Waals surface area contributed by atoms with Crippen molar-refractivity contribution in [2.75, 3.05) is 7.11 Å². The topological polar surface area (TPSA) is 63.7 Å².